The second-order valence-electron chi connectivity index (χ2n) is 9.57. The Balaban J connectivity index is 1.74. The summed E-state index contributed by atoms with van der Waals surface area (Å²) in [6.45, 7) is 0. The van der Waals surface area contributed by atoms with E-state index in [4.69, 9.17) is 5.10 Å². The Labute approximate surface area is 234 Å². The molecule has 6 rings (SSSR count). The first kappa shape index (κ1) is 25.8. The molecule has 0 aliphatic carbocycles. The maximum atomic E-state index is 15.3. The third-order valence-electron chi connectivity index (χ3n) is 7.15. The van der Waals surface area contributed by atoms with Gasteiger partial charge < -0.3 is 0 Å². The standard InChI is InChI=1S/C34H23F2N3O2/c35-28-18-10-11-24(21-28)19-20-31-29-22-33(39(40)41)30(36)23-32(29)38(37-31)34(25-12-4-1-5-13-25,26-14-6-2-7-15-26)27-16-8-3-9-17-27/h1-23H. The first-order valence-electron chi connectivity index (χ1n) is 13.0. The summed E-state index contributed by atoms with van der Waals surface area (Å²) in [6, 6.07) is 37.7. The summed E-state index contributed by atoms with van der Waals surface area (Å²) in [5.41, 5.74) is 2.19. The summed E-state index contributed by atoms with van der Waals surface area (Å²) in [5, 5.41) is 17.1. The van der Waals surface area contributed by atoms with Gasteiger partial charge in [0.05, 0.1) is 16.1 Å². The Morgan fingerprint density at radius 1 is 0.707 bits per heavy atom. The SMILES string of the molecule is O=[N+]([O-])c1cc2c(C=Cc3cccc(F)c3)nn(C(c3ccccc3)(c3ccccc3)c3ccccc3)c2cc1F. The van der Waals surface area contributed by atoms with E-state index in [2.05, 4.69) is 0 Å². The van der Waals surface area contributed by atoms with E-state index in [0.29, 0.717) is 22.2 Å². The average Bonchev–Trinajstić information content (AvgIpc) is 3.35. The molecule has 0 spiro atoms. The molecule has 0 unspecified atom stereocenters. The van der Waals surface area contributed by atoms with Crippen LogP contribution in [0.4, 0.5) is 14.5 Å². The number of hydrogen-bond donors (Lipinski definition) is 0. The van der Waals surface area contributed by atoms with Crippen LogP contribution in [0.15, 0.2) is 127 Å². The van der Waals surface area contributed by atoms with E-state index < -0.39 is 27.8 Å². The van der Waals surface area contributed by atoms with Crippen molar-refractivity contribution in [2.45, 2.75) is 5.54 Å². The summed E-state index contributed by atoms with van der Waals surface area (Å²) in [6.07, 6.45) is 3.35. The third-order valence-corrected chi connectivity index (χ3v) is 7.15. The summed E-state index contributed by atoms with van der Waals surface area (Å²) >= 11 is 0. The molecular formula is C34H23F2N3O2. The van der Waals surface area contributed by atoms with E-state index in [0.717, 1.165) is 16.7 Å². The maximum Gasteiger partial charge on any atom is 0.305 e. The highest BCUT2D eigenvalue weighted by Crippen LogP contribution is 2.43. The number of hydrogen-bond acceptors (Lipinski definition) is 3. The van der Waals surface area contributed by atoms with Gasteiger partial charge in [0, 0.05) is 17.5 Å². The van der Waals surface area contributed by atoms with Gasteiger partial charge in [-0.25, -0.2) is 9.07 Å². The lowest BCUT2D eigenvalue weighted by molar-refractivity contribution is -0.387. The van der Waals surface area contributed by atoms with E-state index in [1.165, 1.54) is 24.3 Å². The molecule has 1 aromatic heterocycles. The molecule has 0 saturated heterocycles. The van der Waals surface area contributed by atoms with Crippen molar-refractivity contribution in [1.82, 2.24) is 9.78 Å². The van der Waals surface area contributed by atoms with E-state index >= 15 is 4.39 Å². The van der Waals surface area contributed by atoms with E-state index in [9.17, 15) is 14.5 Å². The van der Waals surface area contributed by atoms with Gasteiger partial charge in [-0.05, 0) is 40.5 Å². The maximum absolute atomic E-state index is 15.3. The van der Waals surface area contributed by atoms with Crippen molar-refractivity contribution in [2.24, 2.45) is 0 Å². The van der Waals surface area contributed by atoms with E-state index in [-0.39, 0.29) is 0 Å². The Hall–Kier alpha value is -5.43. The van der Waals surface area contributed by atoms with Crippen molar-refractivity contribution >= 4 is 28.7 Å². The molecule has 0 bridgehead atoms. The van der Waals surface area contributed by atoms with Crippen LogP contribution in [0.2, 0.25) is 0 Å². The number of fused-ring (bicyclic) bond motifs is 1. The Kier molecular flexibility index (Phi) is 6.69. The zero-order valence-electron chi connectivity index (χ0n) is 21.7. The van der Waals surface area contributed by atoms with Crippen LogP contribution >= 0.6 is 0 Å². The molecule has 0 aliphatic heterocycles. The van der Waals surface area contributed by atoms with Gasteiger partial charge in [0.15, 0.2) is 0 Å². The van der Waals surface area contributed by atoms with Crippen molar-refractivity contribution in [1.29, 1.82) is 0 Å². The molecule has 1 heterocycles. The van der Waals surface area contributed by atoms with Gasteiger partial charge in [-0.15, -0.1) is 0 Å². The first-order chi connectivity index (χ1) is 20.0. The fourth-order valence-electron chi connectivity index (χ4n) is 5.36. The average molecular weight is 544 g/mol. The molecule has 6 aromatic rings. The summed E-state index contributed by atoms with van der Waals surface area (Å²) in [5.74, 6) is -1.36. The largest absolute Gasteiger partial charge is 0.305 e. The van der Waals surface area contributed by atoms with Gasteiger partial charge in [-0.2, -0.15) is 9.49 Å². The minimum Gasteiger partial charge on any atom is -0.258 e. The lowest BCUT2D eigenvalue weighted by Crippen LogP contribution is -2.38. The molecular weight excluding hydrogens is 520 g/mol. The minimum atomic E-state index is -1.07. The van der Waals surface area contributed by atoms with Crippen LogP contribution in [0.25, 0.3) is 23.1 Å². The van der Waals surface area contributed by atoms with Crippen LogP contribution in [0.3, 0.4) is 0 Å². The second-order valence-corrected chi connectivity index (χ2v) is 9.57. The van der Waals surface area contributed by atoms with Gasteiger partial charge in [-0.3, -0.25) is 10.1 Å². The molecule has 41 heavy (non-hydrogen) atoms. The predicted octanol–water partition coefficient (Wildman–Crippen LogP) is 8.23. The normalized spacial score (nSPS) is 11.8. The molecule has 0 N–H and O–H groups in total. The lowest BCUT2D eigenvalue weighted by atomic mass is 9.77. The fourth-order valence-corrected chi connectivity index (χ4v) is 5.36. The van der Waals surface area contributed by atoms with Crippen LogP contribution in [0, 0.1) is 21.7 Å². The van der Waals surface area contributed by atoms with E-state index in [1.807, 2.05) is 91.0 Å². The minimum absolute atomic E-state index is 0.364. The summed E-state index contributed by atoms with van der Waals surface area (Å²) in [7, 11) is 0. The highest BCUT2D eigenvalue weighted by atomic mass is 19.1. The number of benzene rings is 5. The molecule has 5 aromatic carbocycles. The molecule has 0 aliphatic rings. The molecule has 7 heteroatoms. The van der Waals surface area contributed by atoms with E-state index in [1.54, 1.807) is 29.0 Å². The summed E-state index contributed by atoms with van der Waals surface area (Å²) < 4.78 is 30.9. The van der Waals surface area contributed by atoms with Crippen molar-refractivity contribution in [3.05, 3.63) is 177 Å². The lowest BCUT2D eigenvalue weighted by Gasteiger charge is -2.37. The number of halogens is 2. The van der Waals surface area contributed by atoms with Gasteiger partial charge in [-0.1, -0.05) is 109 Å². The zero-order valence-corrected chi connectivity index (χ0v) is 21.7. The zero-order chi connectivity index (χ0) is 28.4. The molecule has 0 atom stereocenters. The van der Waals surface area contributed by atoms with Gasteiger partial charge in [0.25, 0.3) is 0 Å². The number of nitro benzene ring substituents is 1. The smallest absolute Gasteiger partial charge is 0.258 e. The molecule has 5 nitrogen and oxygen atoms in total. The second kappa shape index (κ2) is 10.6. The van der Waals surface area contributed by atoms with Crippen LogP contribution in [-0.2, 0) is 5.54 Å². The van der Waals surface area contributed by atoms with Crippen molar-refractivity contribution in [2.75, 3.05) is 0 Å². The third kappa shape index (κ3) is 4.57. The molecule has 200 valence electrons. The van der Waals surface area contributed by atoms with Crippen molar-refractivity contribution < 1.29 is 13.7 Å². The van der Waals surface area contributed by atoms with Gasteiger partial charge in [0.1, 0.15) is 11.4 Å². The Morgan fingerprint density at radius 3 is 1.78 bits per heavy atom. The van der Waals surface area contributed by atoms with Crippen LogP contribution in [0.5, 0.6) is 0 Å². The molecule has 0 fully saturated rings. The van der Waals surface area contributed by atoms with Crippen LogP contribution in [-0.4, -0.2) is 14.7 Å². The fraction of sp³-hybridized carbons (Fsp3) is 0.0294. The number of aromatic nitrogens is 2. The topological polar surface area (TPSA) is 61.0 Å². The monoisotopic (exact) mass is 543 g/mol. The molecule has 0 radical (unpaired) electrons. The summed E-state index contributed by atoms with van der Waals surface area (Å²) in [4.78, 5) is 11.0. The van der Waals surface area contributed by atoms with Gasteiger partial charge in [0.2, 0.25) is 5.82 Å². The number of rotatable bonds is 7. The highest BCUT2D eigenvalue weighted by Gasteiger charge is 2.41. The van der Waals surface area contributed by atoms with Crippen LogP contribution < -0.4 is 0 Å². The van der Waals surface area contributed by atoms with Crippen molar-refractivity contribution in [3.63, 3.8) is 0 Å². The highest BCUT2D eigenvalue weighted by molar-refractivity contribution is 5.92. The molecule has 0 amide bonds. The molecule has 0 saturated carbocycles. The van der Waals surface area contributed by atoms with Crippen molar-refractivity contribution in [3.8, 4) is 0 Å². The number of nitrogens with zero attached hydrogens (tertiary/aromatic N) is 3. The number of nitro groups is 1. The first-order valence-corrected chi connectivity index (χ1v) is 13.0. The van der Waals surface area contributed by atoms with Crippen LogP contribution in [0.1, 0.15) is 27.9 Å². The van der Waals surface area contributed by atoms with Gasteiger partial charge >= 0.3 is 5.69 Å². The predicted molar refractivity (Wildman–Crippen MR) is 156 cm³/mol. The quantitative estimate of drug-likeness (QED) is 0.116. The Morgan fingerprint density at radius 2 is 1.27 bits per heavy atom. The Bertz CT molecular complexity index is 1790.